The van der Waals surface area contributed by atoms with Crippen LogP contribution >= 0.6 is 11.3 Å². The molecule has 3 nitrogen and oxygen atoms in total. The Morgan fingerprint density at radius 3 is 2.90 bits per heavy atom. The van der Waals surface area contributed by atoms with Gasteiger partial charge in [0.25, 0.3) is 0 Å². The Balaban J connectivity index is 1.91. The smallest absolute Gasteiger partial charge is 0.0794 e. The van der Waals surface area contributed by atoms with Crippen molar-refractivity contribution < 1.29 is 0 Å². The predicted molar refractivity (Wildman–Crippen MR) is 84.0 cm³/mol. The number of rotatable bonds is 5. The summed E-state index contributed by atoms with van der Waals surface area (Å²) in [6.45, 7) is 3.05. The van der Waals surface area contributed by atoms with Crippen LogP contribution in [0, 0.1) is 0 Å². The Morgan fingerprint density at radius 2 is 2.10 bits per heavy atom. The van der Waals surface area contributed by atoms with E-state index in [-0.39, 0.29) is 6.04 Å². The highest BCUT2D eigenvalue weighted by atomic mass is 32.1. The Labute approximate surface area is 122 Å². The molecule has 1 N–H and O–H groups in total. The van der Waals surface area contributed by atoms with Crippen LogP contribution in [-0.4, -0.2) is 16.5 Å². The minimum atomic E-state index is 0.241. The number of pyridine rings is 1. The first-order chi connectivity index (χ1) is 9.86. The van der Waals surface area contributed by atoms with Crippen molar-refractivity contribution in [1.29, 1.82) is 0 Å². The first kappa shape index (κ1) is 13.2. The third kappa shape index (κ3) is 2.86. The summed E-state index contributed by atoms with van der Waals surface area (Å²) in [7, 11) is 0. The number of hydrogen-bond acceptors (Lipinski definition) is 4. The first-order valence-corrected chi connectivity index (χ1v) is 7.71. The Bertz CT molecular complexity index is 679. The van der Waals surface area contributed by atoms with Crippen LogP contribution in [-0.2, 0) is 6.42 Å². The SMILES string of the molecule is CCNC(Cc1cncs1)c1ccc2ccccc2n1. The average molecular weight is 283 g/mol. The quantitative estimate of drug-likeness (QED) is 0.777. The van der Waals surface area contributed by atoms with Crippen LogP contribution in [0.5, 0.6) is 0 Å². The standard InChI is InChI=1S/C16H17N3S/c1-2-18-16(9-13-10-17-11-20-13)15-8-7-12-5-3-4-6-14(12)19-15/h3-8,10-11,16,18H,2,9H2,1H3. The maximum atomic E-state index is 4.80. The van der Waals surface area contributed by atoms with Crippen molar-refractivity contribution in [3.63, 3.8) is 0 Å². The summed E-state index contributed by atoms with van der Waals surface area (Å²) < 4.78 is 0. The van der Waals surface area contributed by atoms with Crippen LogP contribution in [0.2, 0.25) is 0 Å². The minimum Gasteiger partial charge on any atom is -0.309 e. The van der Waals surface area contributed by atoms with E-state index in [0.717, 1.165) is 24.2 Å². The fraction of sp³-hybridized carbons (Fsp3) is 0.250. The van der Waals surface area contributed by atoms with Crippen LogP contribution in [0.3, 0.4) is 0 Å². The van der Waals surface area contributed by atoms with Crippen molar-refractivity contribution in [2.24, 2.45) is 0 Å². The van der Waals surface area contributed by atoms with Crippen molar-refractivity contribution >= 4 is 22.2 Å². The van der Waals surface area contributed by atoms with E-state index < -0.39 is 0 Å². The lowest BCUT2D eigenvalue weighted by Crippen LogP contribution is -2.23. The lowest BCUT2D eigenvalue weighted by molar-refractivity contribution is 0.541. The molecule has 3 rings (SSSR count). The van der Waals surface area contributed by atoms with Gasteiger partial charge in [-0.15, -0.1) is 11.3 Å². The van der Waals surface area contributed by atoms with Crippen LogP contribution in [0.25, 0.3) is 10.9 Å². The summed E-state index contributed by atoms with van der Waals surface area (Å²) in [5, 5.41) is 4.70. The summed E-state index contributed by atoms with van der Waals surface area (Å²) in [4.78, 5) is 10.2. The van der Waals surface area contributed by atoms with Gasteiger partial charge in [-0.25, -0.2) is 0 Å². The summed E-state index contributed by atoms with van der Waals surface area (Å²) in [5.74, 6) is 0. The lowest BCUT2D eigenvalue weighted by atomic mass is 10.1. The minimum absolute atomic E-state index is 0.241. The van der Waals surface area contributed by atoms with E-state index >= 15 is 0 Å². The molecule has 0 amide bonds. The number of para-hydroxylation sites is 1. The van der Waals surface area contributed by atoms with Crippen LogP contribution in [0.1, 0.15) is 23.5 Å². The van der Waals surface area contributed by atoms with E-state index in [1.807, 2.05) is 23.8 Å². The fourth-order valence-electron chi connectivity index (χ4n) is 2.35. The van der Waals surface area contributed by atoms with Crippen LogP contribution in [0.4, 0.5) is 0 Å². The van der Waals surface area contributed by atoms with Gasteiger partial charge < -0.3 is 5.32 Å². The van der Waals surface area contributed by atoms with E-state index in [2.05, 4.69) is 41.5 Å². The zero-order valence-corrected chi connectivity index (χ0v) is 12.2. The second-order valence-corrected chi connectivity index (χ2v) is 5.68. The number of likely N-dealkylation sites (N-methyl/N-ethyl adjacent to an activating group) is 1. The van der Waals surface area contributed by atoms with E-state index in [1.165, 1.54) is 10.3 Å². The molecule has 20 heavy (non-hydrogen) atoms. The highest BCUT2D eigenvalue weighted by molar-refractivity contribution is 7.09. The molecule has 0 spiro atoms. The van der Waals surface area contributed by atoms with E-state index in [1.54, 1.807) is 11.3 Å². The summed E-state index contributed by atoms with van der Waals surface area (Å²) >= 11 is 1.70. The number of benzene rings is 1. The first-order valence-electron chi connectivity index (χ1n) is 6.83. The zero-order valence-electron chi connectivity index (χ0n) is 11.4. The van der Waals surface area contributed by atoms with Crippen LogP contribution in [0.15, 0.2) is 48.1 Å². The monoisotopic (exact) mass is 283 g/mol. The number of thiazole rings is 1. The summed E-state index contributed by atoms with van der Waals surface area (Å²) in [6, 6.07) is 12.7. The molecular formula is C16H17N3S. The number of hydrogen-bond donors (Lipinski definition) is 1. The maximum absolute atomic E-state index is 4.80. The molecule has 4 heteroatoms. The fourth-order valence-corrected chi connectivity index (χ4v) is 2.99. The topological polar surface area (TPSA) is 37.8 Å². The second kappa shape index (κ2) is 6.11. The van der Waals surface area contributed by atoms with Gasteiger partial charge in [-0.1, -0.05) is 31.2 Å². The maximum Gasteiger partial charge on any atom is 0.0794 e. The van der Waals surface area contributed by atoms with Crippen molar-refractivity contribution in [3.8, 4) is 0 Å². The number of fused-ring (bicyclic) bond motifs is 1. The molecule has 0 aliphatic heterocycles. The average Bonchev–Trinajstić information content (AvgIpc) is 2.99. The molecule has 3 aromatic rings. The third-order valence-electron chi connectivity index (χ3n) is 3.32. The molecule has 0 bridgehead atoms. The lowest BCUT2D eigenvalue weighted by Gasteiger charge is -2.17. The highest BCUT2D eigenvalue weighted by Gasteiger charge is 2.14. The molecule has 1 atom stereocenters. The second-order valence-electron chi connectivity index (χ2n) is 4.71. The molecule has 0 saturated carbocycles. The Morgan fingerprint density at radius 1 is 1.20 bits per heavy atom. The van der Waals surface area contributed by atoms with Gasteiger partial charge in [0.05, 0.1) is 22.8 Å². The van der Waals surface area contributed by atoms with Gasteiger partial charge in [0, 0.05) is 22.9 Å². The molecule has 0 radical (unpaired) electrons. The zero-order chi connectivity index (χ0) is 13.8. The van der Waals surface area contributed by atoms with Crippen molar-refractivity contribution in [2.45, 2.75) is 19.4 Å². The highest BCUT2D eigenvalue weighted by Crippen LogP contribution is 2.21. The van der Waals surface area contributed by atoms with E-state index in [4.69, 9.17) is 4.98 Å². The number of nitrogens with zero attached hydrogens (tertiary/aromatic N) is 2. The van der Waals surface area contributed by atoms with Gasteiger partial charge in [0.2, 0.25) is 0 Å². The van der Waals surface area contributed by atoms with Crippen LogP contribution < -0.4 is 5.32 Å². The Kier molecular flexibility index (Phi) is 4.04. The van der Waals surface area contributed by atoms with Gasteiger partial charge in [-0.05, 0) is 18.7 Å². The molecule has 1 unspecified atom stereocenters. The van der Waals surface area contributed by atoms with Gasteiger partial charge in [0.1, 0.15) is 0 Å². The molecule has 0 saturated heterocycles. The summed E-state index contributed by atoms with van der Waals surface area (Å²) in [5.41, 5.74) is 4.03. The summed E-state index contributed by atoms with van der Waals surface area (Å²) in [6.07, 6.45) is 2.87. The number of nitrogens with one attached hydrogen (secondary N) is 1. The van der Waals surface area contributed by atoms with Gasteiger partial charge in [-0.3, -0.25) is 9.97 Å². The third-order valence-corrected chi connectivity index (χ3v) is 4.12. The normalized spacial score (nSPS) is 12.7. The molecule has 1 aromatic carbocycles. The van der Waals surface area contributed by atoms with Gasteiger partial charge >= 0.3 is 0 Å². The largest absolute Gasteiger partial charge is 0.309 e. The van der Waals surface area contributed by atoms with E-state index in [0.29, 0.717) is 0 Å². The number of aromatic nitrogens is 2. The van der Waals surface area contributed by atoms with Gasteiger partial charge in [-0.2, -0.15) is 0 Å². The van der Waals surface area contributed by atoms with Crippen molar-refractivity contribution in [2.75, 3.05) is 6.54 Å². The predicted octanol–water partition coefficient (Wildman–Crippen LogP) is 3.58. The van der Waals surface area contributed by atoms with E-state index in [9.17, 15) is 0 Å². The van der Waals surface area contributed by atoms with Crippen molar-refractivity contribution in [1.82, 2.24) is 15.3 Å². The molecule has 0 aliphatic carbocycles. The Hall–Kier alpha value is -1.78. The molecule has 0 fully saturated rings. The van der Waals surface area contributed by atoms with Gasteiger partial charge in [0.15, 0.2) is 0 Å². The molecular weight excluding hydrogens is 266 g/mol. The molecule has 2 heterocycles. The molecule has 2 aromatic heterocycles. The van der Waals surface area contributed by atoms with Crippen molar-refractivity contribution in [3.05, 3.63) is 58.7 Å². The molecule has 102 valence electrons. The molecule has 0 aliphatic rings.